The molecule has 0 aromatic heterocycles. The molecule has 0 amide bonds. The van der Waals surface area contributed by atoms with E-state index in [1.54, 1.807) is 0 Å². The minimum absolute atomic E-state index is 0.865. The summed E-state index contributed by atoms with van der Waals surface area (Å²) < 4.78 is 0. The second kappa shape index (κ2) is 9.60. The van der Waals surface area contributed by atoms with Gasteiger partial charge in [0.1, 0.15) is 0 Å². The molecule has 160 valence electrons. The Hall–Kier alpha value is -3.42. The van der Waals surface area contributed by atoms with E-state index >= 15 is 0 Å². The zero-order chi connectivity index (χ0) is 22.6. The van der Waals surface area contributed by atoms with Gasteiger partial charge < -0.3 is 0 Å². The highest BCUT2D eigenvalue weighted by Gasteiger charge is 2.20. The molecule has 33 heavy (non-hydrogen) atoms. The molecule has 0 fully saturated rings. The summed E-state index contributed by atoms with van der Waals surface area (Å²) in [6, 6.07) is 43.6. The molecule has 0 radical (unpaired) electrons. The number of hydrogen-bond donors (Lipinski definition) is 0. The Morgan fingerprint density at radius 3 is 1.45 bits per heavy atom. The summed E-state index contributed by atoms with van der Waals surface area (Å²) in [4.78, 5) is 0. The van der Waals surface area contributed by atoms with Crippen LogP contribution in [0.4, 0.5) is 0 Å². The number of benzene rings is 5. The molecule has 0 nitrogen and oxygen atoms in total. The summed E-state index contributed by atoms with van der Waals surface area (Å²) in [5, 5.41) is 0.865. The van der Waals surface area contributed by atoms with Crippen molar-refractivity contribution >= 4 is 15.9 Å². The van der Waals surface area contributed by atoms with Crippen LogP contribution in [0.15, 0.2) is 121 Å². The third kappa shape index (κ3) is 4.29. The lowest BCUT2D eigenvalue weighted by atomic mass is 9.81. The van der Waals surface area contributed by atoms with E-state index in [2.05, 4.69) is 144 Å². The van der Waals surface area contributed by atoms with Gasteiger partial charge in [-0.2, -0.15) is 0 Å². The zero-order valence-corrected chi connectivity index (χ0v) is 20.2. The van der Waals surface area contributed by atoms with Gasteiger partial charge in [-0.15, -0.1) is 0 Å². The molecule has 0 N–H and O–H groups in total. The van der Waals surface area contributed by atoms with E-state index in [1.807, 2.05) is 0 Å². The quantitative estimate of drug-likeness (QED) is 0.216. The summed E-state index contributed by atoms with van der Waals surface area (Å²) in [7, 11) is 0. The number of rotatable bonds is 5. The fourth-order valence-electron chi connectivity index (χ4n) is 4.57. The monoisotopic (exact) mass is 488 g/mol. The van der Waals surface area contributed by atoms with E-state index in [4.69, 9.17) is 0 Å². The molecule has 0 saturated heterocycles. The fourth-order valence-corrected chi connectivity index (χ4v) is 4.94. The molecule has 5 aromatic carbocycles. The van der Waals surface area contributed by atoms with Crippen molar-refractivity contribution in [3.8, 4) is 44.5 Å². The Morgan fingerprint density at radius 1 is 0.485 bits per heavy atom. The SMILES string of the molecule is Cc1c(-c2ccc(CBr)cc2)cc(-c2ccccc2)c(-c2ccccc2)c1-c1ccccc1. The van der Waals surface area contributed by atoms with E-state index in [-0.39, 0.29) is 0 Å². The van der Waals surface area contributed by atoms with Gasteiger partial charge in [-0.05, 0) is 68.6 Å². The van der Waals surface area contributed by atoms with E-state index in [0.29, 0.717) is 0 Å². The maximum absolute atomic E-state index is 3.57. The average molecular weight is 489 g/mol. The molecule has 0 unspecified atom stereocenters. The predicted molar refractivity (Wildman–Crippen MR) is 146 cm³/mol. The highest BCUT2D eigenvalue weighted by Crippen LogP contribution is 2.45. The zero-order valence-electron chi connectivity index (χ0n) is 18.6. The first-order chi connectivity index (χ1) is 16.3. The first kappa shape index (κ1) is 21.4. The van der Waals surface area contributed by atoms with Crippen LogP contribution in [0.25, 0.3) is 44.5 Å². The van der Waals surface area contributed by atoms with Crippen molar-refractivity contribution in [2.45, 2.75) is 12.3 Å². The van der Waals surface area contributed by atoms with Crippen LogP contribution >= 0.6 is 15.9 Å². The lowest BCUT2D eigenvalue weighted by Gasteiger charge is -2.22. The molecule has 0 heterocycles. The first-order valence-electron chi connectivity index (χ1n) is 11.3. The third-order valence-electron chi connectivity index (χ3n) is 6.22. The van der Waals surface area contributed by atoms with Gasteiger partial charge in [0.15, 0.2) is 0 Å². The van der Waals surface area contributed by atoms with Crippen molar-refractivity contribution in [1.82, 2.24) is 0 Å². The number of alkyl halides is 1. The molecular formula is C32H25Br. The van der Waals surface area contributed by atoms with Crippen molar-refractivity contribution in [3.05, 3.63) is 132 Å². The van der Waals surface area contributed by atoms with E-state index in [1.165, 1.54) is 55.6 Å². The largest absolute Gasteiger partial charge is 0.0876 e. The summed E-state index contributed by atoms with van der Waals surface area (Å²) in [6.07, 6.45) is 0. The Bertz CT molecular complexity index is 1350. The second-order valence-corrected chi connectivity index (χ2v) is 8.84. The van der Waals surface area contributed by atoms with Crippen molar-refractivity contribution in [2.24, 2.45) is 0 Å². The van der Waals surface area contributed by atoms with Crippen LogP contribution in [0.1, 0.15) is 11.1 Å². The van der Waals surface area contributed by atoms with Crippen LogP contribution in [0, 0.1) is 6.92 Å². The molecule has 0 bridgehead atoms. The molecule has 0 spiro atoms. The molecule has 0 saturated carbocycles. The smallest absolute Gasteiger partial charge is 0.0283 e. The Morgan fingerprint density at radius 2 is 0.939 bits per heavy atom. The molecule has 0 aliphatic heterocycles. The maximum Gasteiger partial charge on any atom is 0.0283 e. The molecule has 0 aliphatic carbocycles. The second-order valence-electron chi connectivity index (χ2n) is 8.28. The van der Waals surface area contributed by atoms with Gasteiger partial charge in [0.05, 0.1) is 0 Å². The van der Waals surface area contributed by atoms with Gasteiger partial charge in [0.2, 0.25) is 0 Å². The Kier molecular flexibility index (Phi) is 6.24. The van der Waals surface area contributed by atoms with Gasteiger partial charge in [0, 0.05) is 5.33 Å². The van der Waals surface area contributed by atoms with Crippen molar-refractivity contribution in [1.29, 1.82) is 0 Å². The minimum atomic E-state index is 0.865. The van der Waals surface area contributed by atoms with Crippen molar-refractivity contribution < 1.29 is 0 Å². The number of halogens is 1. The van der Waals surface area contributed by atoms with Gasteiger partial charge in [-0.3, -0.25) is 0 Å². The standard InChI is InChI=1S/C32H25Br/c1-23-29(26-19-17-24(22-33)18-20-26)21-30(25-11-5-2-6-12-25)32(28-15-9-4-10-16-28)31(23)27-13-7-3-8-14-27/h2-21H,22H2,1H3. The van der Waals surface area contributed by atoms with Gasteiger partial charge in [-0.1, -0.05) is 131 Å². The van der Waals surface area contributed by atoms with Gasteiger partial charge in [-0.25, -0.2) is 0 Å². The van der Waals surface area contributed by atoms with Crippen LogP contribution in [-0.4, -0.2) is 0 Å². The molecule has 0 atom stereocenters. The summed E-state index contributed by atoms with van der Waals surface area (Å²) in [5.41, 5.74) is 12.6. The molecule has 1 heteroatoms. The first-order valence-corrected chi connectivity index (χ1v) is 12.4. The lowest BCUT2D eigenvalue weighted by Crippen LogP contribution is -1.97. The lowest BCUT2D eigenvalue weighted by molar-refractivity contribution is 1.41. The molecule has 5 rings (SSSR count). The van der Waals surface area contributed by atoms with Gasteiger partial charge >= 0.3 is 0 Å². The molecule has 0 aliphatic rings. The Labute approximate surface area is 204 Å². The third-order valence-corrected chi connectivity index (χ3v) is 6.86. The highest BCUT2D eigenvalue weighted by atomic mass is 79.9. The highest BCUT2D eigenvalue weighted by molar-refractivity contribution is 9.08. The van der Waals surface area contributed by atoms with E-state index < -0.39 is 0 Å². The predicted octanol–water partition coefficient (Wildman–Crippen LogP) is 9.56. The van der Waals surface area contributed by atoms with Crippen LogP contribution in [0.3, 0.4) is 0 Å². The Balaban J connectivity index is 1.89. The average Bonchev–Trinajstić information content (AvgIpc) is 2.90. The minimum Gasteiger partial charge on any atom is -0.0876 e. The normalized spacial score (nSPS) is 10.8. The van der Waals surface area contributed by atoms with E-state index in [0.717, 1.165) is 5.33 Å². The van der Waals surface area contributed by atoms with Crippen molar-refractivity contribution in [2.75, 3.05) is 0 Å². The van der Waals surface area contributed by atoms with Crippen LogP contribution < -0.4 is 0 Å². The van der Waals surface area contributed by atoms with E-state index in [9.17, 15) is 0 Å². The summed E-state index contributed by atoms with van der Waals surface area (Å²) in [5.74, 6) is 0. The van der Waals surface area contributed by atoms with Crippen molar-refractivity contribution in [3.63, 3.8) is 0 Å². The fraction of sp³-hybridized carbons (Fsp3) is 0.0625. The summed E-state index contributed by atoms with van der Waals surface area (Å²) in [6.45, 7) is 2.26. The summed E-state index contributed by atoms with van der Waals surface area (Å²) >= 11 is 3.57. The van der Waals surface area contributed by atoms with Crippen LogP contribution in [-0.2, 0) is 5.33 Å². The maximum atomic E-state index is 3.57. The molecule has 5 aromatic rings. The van der Waals surface area contributed by atoms with Crippen LogP contribution in [0.2, 0.25) is 0 Å². The number of hydrogen-bond acceptors (Lipinski definition) is 0. The van der Waals surface area contributed by atoms with Crippen LogP contribution in [0.5, 0.6) is 0 Å². The molecular weight excluding hydrogens is 464 g/mol. The van der Waals surface area contributed by atoms with Gasteiger partial charge in [0.25, 0.3) is 0 Å². The topological polar surface area (TPSA) is 0 Å².